The molecule has 2 aliphatic rings. The van der Waals surface area contributed by atoms with Crippen molar-refractivity contribution in [3.8, 4) is 0 Å². The molecule has 33 heavy (non-hydrogen) atoms. The Balaban J connectivity index is 1.42. The molecule has 0 bridgehead atoms. The fourth-order valence-electron chi connectivity index (χ4n) is 4.38. The van der Waals surface area contributed by atoms with E-state index in [1.807, 2.05) is 18.2 Å². The summed E-state index contributed by atoms with van der Waals surface area (Å²) >= 11 is 6.18. The Morgan fingerprint density at radius 3 is 2.91 bits per heavy atom. The lowest BCUT2D eigenvalue weighted by atomic mass is 9.98. The molecule has 5 rings (SSSR count). The average Bonchev–Trinajstić information content (AvgIpc) is 3.58. The number of piperidine rings is 1. The van der Waals surface area contributed by atoms with Gasteiger partial charge in [0.2, 0.25) is 5.91 Å². The summed E-state index contributed by atoms with van der Waals surface area (Å²) in [7, 11) is -3.58. The van der Waals surface area contributed by atoms with Gasteiger partial charge in [-0.1, -0.05) is 33.3 Å². The van der Waals surface area contributed by atoms with Crippen LogP contribution in [0, 0.1) is 5.92 Å². The number of fused-ring (bicyclic) bond motifs is 1. The summed E-state index contributed by atoms with van der Waals surface area (Å²) in [5.41, 5.74) is 0.842. The monoisotopic (exact) mass is 569 g/mol. The second-order valence-electron chi connectivity index (χ2n) is 8.33. The van der Waals surface area contributed by atoms with Crippen molar-refractivity contribution in [1.82, 2.24) is 9.29 Å². The fourth-order valence-corrected chi connectivity index (χ4v) is 8.58. The number of ether oxygens (including phenoxy) is 1. The maximum Gasteiger partial charge on any atom is 0.252 e. The van der Waals surface area contributed by atoms with Crippen LogP contribution < -0.4 is 4.90 Å². The molecule has 0 aliphatic carbocycles. The number of amides is 1. The Labute approximate surface area is 209 Å². The summed E-state index contributed by atoms with van der Waals surface area (Å²) in [4.78, 5) is 20.3. The Hall–Kier alpha value is -1.37. The SMILES string of the molecule is O=C(C1CCCN(S(=O)(=O)c2cccs2)C1)N(CC1CCCO1)c1nc2ccc(Br)cc2s1. The number of halogens is 1. The minimum atomic E-state index is -3.58. The van der Waals surface area contributed by atoms with Crippen LogP contribution in [0.15, 0.2) is 44.4 Å². The zero-order chi connectivity index (χ0) is 23.0. The number of thiazole rings is 1. The summed E-state index contributed by atoms with van der Waals surface area (Å²) in [6.07, 6.45) is 3.18. The standard InChI is InChI=1S/C22H24BrN3O4S3/c23-16-7-8-18-19(12-16)32-22(24-18)26(14-17-5-2-10-30-17)21(27)15-4-1-9-25(13-15)33(28,29)20-6-3-11-31-20/h3,6-8,11-12,15,17H,1-2,4-5,9-10,13-14H2. The van der Waals surface area contributed by atoms with Crippen molar-refractivity contribution in [3.63, 3.8) is 0 Å². The summed E-state index contributed by atoms with van der Waals surface area (Å²) in [5, 5.41) is 2.40. The number of rotatable bonds is 6. The number of carbonyl (C=O) groups excluding carboxylic acids is 1. The Morgan fingerprint density at radius 2 is 2.15 bits per heavy atom. The lowest BCUT2D eigenvalue weighted by Crippen LogP contribution is -2.48. The van der Waals surface area contributed by atoms with Crippen molar-refractivity contribution in [2.75, 3.05) is 31.1 Å². The molecular formula is C22H24BrN3O4S3. The minimum Gasteiger partial charge on any atom is -0.376 e. The van der Waals surface area contributed by atoms with Crippen molar-refractivity contribution in [3.05, 3.63) is 40.2 Å². The van der Waals surface area contributed by atoms with Crippen molar-refractivity contribution in [2.45, 2.75) is 36.0 Å². The summed E-state index contributed by atoms with van der Waals surface area (Å²) < 4.78 is 35.7. The molecule has 4 heterocycles. The van der Waals surface area contributed by atoms with E-state index in [0.29, 0.717) is 41.9 Å². The summed E-state index contributed by atoms with van der Waals surface area (Å²) in [6.45, 7) is 1.77. The summed E-state index contributed by atoms with van der Waals surface area (Å²) in [6, 6.07) is 9.23. The van der Waals surface area contributed by atoms with Gasteiger partial charge in [0, 0.05) is 24.2 Å². The van der Waals surface area contributed by atoms with Gasteiger partial charge in [0.05, 0.1) is 28.8 Å². The Kier molecular flexibility index (Phi) is 6.88. The van der Waals surface area contributed by atoms with Crippen molar-refractivity contribution in [1.29, 1.82) is 0 Å². The van der Waals surface area contributed by atoms with Gasteiger partial charge >= 0.3 is 0 Å². The van der Waals surface area contributed by atoms with Crippen LogP contribution in [-0.2, 0) is 19.6 Å². The van der Waals surface area contributed by atoms with E-state index in [0.717, 1.165) is 27.5 Å². The van der Waals surface area contributed by atoms with Crippen LogP contribution in [0.5, 0.6) is 0 Å². The van der Waals surface area contributed by atoms with Crippen molar-refractivity contribution >= 4 is 69.9 Å². The number of aromatic nitrogens is 1. The highest BCUT2D eigenvalue weighted by molar-refractivity contribution is 9.10. The highest BCUT2D eigenvalue weighted by Gasteiger charge is 2.37. The Bertz CT molecular complexity index is 1240. The predicted octanol–water partition coefficient (Wildman–Crippen LogP) is 4.73. The average molecular weight is 571 g/mol. The highest BCUT2D eigenvalue weighted by Crippen LogP contribution is 2.34. The molecule has 0 N–H and O–H groups in total. The molecule has 7 nitrogen and oxygen atoms in total. The zero-order valence-electron chi connectivity index (χ0n) is 17.9. The highest BCUT2D eigenvalue weighted by atomic mass is 79.9. The van der Waals surface area contributed by atoms with E-state index in [1.165, 1.54) is 27.0 Å². The van der Waals surface area contributed by atoms with Gasteiger partial charge in [0.15, 0.2) is 5.13 Å². The molecule has 3 aromatic rings. The van der Waals surface area contributed by atoms with E-state index < -0.39 is 15.9 Å². The van der Waals surface area contributed by atoms with Gasteiger partial charge in [-0.2, -0.15) is 4.31 Å². The van der Waals surface area contributed by atoms with E-state index in [1.54, 1.807) is 22.4 Å². The first kappa shape index (κ1) is 23.4. The number of thiophene rings is 1. The molecule has 0 spiro atoms. The predicted molar refractivity (Wildman–Crippen MR) is 134 cm³/mol. The first-order chi connectivity index (χ1) is 15.9. The molecule has 1 amide bonds. The lowest BCUT2D eigenvalue weighted by Gasteiger charge is -2.34. The quantitative estimate of drug-likeness (QED) is 0.428. The number of anilines is 1. The maximum atomic E-state index is 13.8. The molecule has 0 saturated carbocycles. The van der Waals surface area contributed by atoms with Crippen LogP contribution in [-0.4, -0.2) is 56.0 Å². The maximum absolute atomic E-state index is 13.8. The van der Waals surface area contributed by atoms with Crippen LogP contribution in [0.25, 0.3) is 10.2 Å². The van der Waals surface area contributed by atoms with E-state index in [-0.39, 0.29) is 18.6 Å². The van der Waals surface area contributed by atoms with E-state index in [4.69, 9.17) is 9.72 Å². The second kappa shape index (κ2) is 9.71. The molecule has 176 valence electrons. The number of carbonyl (C=O) groups is 1. The smallest absolute Gasteiger partial charge is 0.252 e. The van der Waals surface area contributed by atoms with Crippen LogP contribution in [0.2, 0.25) is 0 Å². The number of hydrogen-bond acceptors (Lipinski definition) is 7. The van der Waals surface area contributed by atoms with Gasteiger partial charge in [0.1, 0.15) is 4.21 Å². The molecule has 2 fully saturated rings. The molecule has 1 aromatic carbocycles. The van der Waals surface area contributed by atoms with E-state index in [2.05, 4.69) is 15.9 Å². The number of hydrogen-bond donors (Lipinski definition) is 0. The largest absolute Gasteiger partial charge is 0.376 e. The number of nitrogens with zero attached hydrogens (tertiary/aromatic N) is 3. The molecule has 0 radical (unpaired) electrons. The van der Waals surface area contributed by atoms with Gasteiger partial charge in [-0.25, -0.2) is 13.4 Å². The molecule has 2 aromatic heterocycles. The molecule has 2 saturated heterocycles. The van der Waals surface area contributed by atoms with Gasteiger partial charge in [-0.3, -0.25) is 9.69 Å². The van der Waals surface area contributed by atoms with Crippen LogP contribution in [0.1, 0.15) is 25.7 Å². The Morgan fingerprint density at radius 1 is 1.27 bits per heavy atom. The normalized spacial score (nSPS) is 22.1. The number of benzene rings is 1. The molecule has 2 atom stereocenters. The topological polar surface area (TPSA) is 79.8 Å². The molecule has 11 heteroatoms. The third-order valence-corrected chi connectivity index (χ3v) is 10.8. The molecule has 2 aliphatic heterocycles. The van der Waals surface area contributed by atoms with Gasteiger partial charge in [-0.05, 0) is 55.3 Å². The number of sulfonamides is 1. The molecular weight excluding hydrogens is 546 g/mol. The summed E-state index contributed by atoms with van der Waals surface area (Å²) in [5.74, 6) is -0.483. The van der Waals surface area contributed by atoms with Crippen LogP contribution >= 0.6 is 38.6 Å². The first-order valence-electron chi connectivity index (χ1n) is 10.9. The lowest BCUT2D eigenvalue weighted by molar-refractivity contribution is -0.123. The van der Waals surface area contributed by atoms with Crippen molar-refractivity contribution in [2.24, 2.45) is 5.92 Å². The van der Waals surface area contributed by atoms with Gasteiger partial charge in [-0.15, -0.1) is 11.3 Å². The van der Waals surface area contributed by atoms with Crippen LogP contribution in [0.3, 0.4) is 0 Å². The van der Waals surface area contributed by atoms with Crippen molar-refractivity contribution < 1.29 is 17.9 Å². The van der Waals surface area contributed by atoms with E-state index >= 15 is 0 Å². The van der Waals surface area contributed by atoms with Gasteiger partial charge < -0.3 is 4.74 Å². The van der Waals surface area contributed by atoms with E-state index in [9.17, 15) is 13.2 Å². The van der Waals surface area contributed by atoms with Crippen LogP contribution in [0.4, 0.5) is 5.13 Å². The minimum absolute atomic E-state index is 0.0257. The fraction of sp³-hybridized carbons (Fsp3) is 0.455. The third kappa shape index (κ3) is 4.89. The third-order valence-electron chi connectivity index (χ3n) is 6.07. The van der Waals surface area contributed by atoms with Gasteiger partial charge in [0.25, 0.3) is 10.0 Å². The second-order valence-corrected chi connectivity index (χ2v) is 13.4. The molecule has 2 unspecified atom stereocenters. The first-order valence-corrected chi connectivity index (χ1v) is 14.9. The zero-order valence-corrected chi connectivity index (χ0v) is 21.9.